The van der Waals surface area contributed by atoms with E-state index in [1.165, 1.54) is 0 Å². The van der Waals surface area contributed by atoms with Gasteiger partial charge in [-0.3, -0.25) is 4.57 Å². The fourth-order valence-electron chi connectivity index (χ4n) is 2.24. The smallest absolute Gasteiger partial charge is 0.182 e. The van der Waals surface area contributed by atoms with Gasteiger partial charge in [0.15, 0.2) is 4.77 Å². The number of nitrogens with zero attached hydrogens (tertiary/aromatic N) is 1. The zero-order valence-electron chi connectivity index (χ0n) is 11.6. The Hall–Kier alpha value is -1.78. The van der Waals surface area contributed by atoms with Crippen LogP contribution in [0.2, 0.25) is 5.02 Å². The Kier molecular flexibility index (Phi) is 3.99. The first-order valence-corrected chi connectivity index (χ1v) is 7.61. The number of fused-ring (bicyclic) bond motifs is 1. The van der Waals surface area contributed by atoms with Crippen molar-refractivity contribution in [2.45, 2.75) is 13.3 Å². The largest absolute Gasteiger partial charge is 0.494 e. The maximum absolute atomic E-state index is 6.09. The fourth-order valence-corrected chi connectivity index (χ4v) is 2.72. The quantitative estimate of drug-likeness (QED) is 0.676. The standard InChI is InChI=1S/C16H15ClN2OS/c1-2-9-20-13-6-4-12(5-7-13)19-15-10-11(17)3-8-14(15)18-16(19)21/h3-8,10H,2,9H2,1H3,(H,18,21). The molecule has 0 unspecified atom stereocenters. The Labute approximate surface area is 133 Å². The second-order valence-corrected chi connectivity index (χ2v) is 5.59. The number of benzene rings is 2. The van der Waals surface area contributed by atoms with Gasteiger partial charge >= 0.3 is 0 Å². The van der Waals surface area contributed by atoms with Crippen LogP contribution >= 0.6 is 23.8 Å². The number of nitrogens with one attached hydrogen (secondary N) is 1. The number of hydrogen-bond acceptors (Lipinski definition) is 2. The summed E-state index contributed by atoms with van der Waals surface area (Å²) in [5.41, 5.74) is 2.92. The molecule has 0 spiro atoms. The van der Waals surface area contributed by atoms with Crippen LogP contribution in [0.15, 0.2) is 42.5 Å². The van der Waals surface area contributed by atoms with Gasteiger partial charge in [0.25, 0.3) is 0 Å². The number of halogens is 1. The van der Waals surface area contributed by atoms with Gasteiger partial charge in [0.1, 0.15) is 5.75 Å². The number of rotatable bonds is 4. The summed E-state index contributed by atoms with van der Waals surface area (Å²) in [7, 11) is 0. The molecule has 0 fully saturated rings. The molecule has 0 aliphatic heterocycles. The van der Waals surface area contributed by atoms with Gasteiger partial charge in [-0.2, -0.15) is 0 Å². The Morgan fingerprint density at radius 2 is 1.95 bits per heavy atom. The molecule has 3 aromatic rings. The summed E-state index contributed by atoms with van der Waals surface area (Å²) < 4.78 is 8.22. The van der Waals surface area contributed by atoms with Crippen LogP contribution < -0.4 is 4.74 Å². The topological polar surface area (TPSA) is 29.9 Å². The Morgan fingerprint density at radius 3 is 2.67 bits per heavy atom. The molecular formula is C16H15ClN2OS. The molecule has 0 amide bonds. The van der Waals surface area contributed by atoms with Gasteiger partial charge < -0.3 is 9.72 Å². The molecule has 1 N–H and O–H groups in total. The zero-order chi connectivity index (χ0) is 14.8. The number of H-pyrrole nitrogens is 1. The molecule has 21 heavy (non-hydrogen) atoms. The highest BCUT2D eigenvalue weighted by atomic mass is 35.5. The molecule has 1 heterocycles. The molecule has 5 heteroatoms. The molecule has 0 saturated carbocycles. The van der Waals surface area contributed by atoms with Crippen molar-refractivity contribution in [3.05, 3.63) is 52.3 Å². The number of imidazole rings is 1. The van der Waals surface area contributed by atoms with Gasteiger partial charge in [-0.25, -0.2) is 0 Å². The van der Waals surface area contributed by atoms with E-state index in [-0.39, 0.29) is 0 Å². The highest BCUT2D eigenvalue weighted by Crippen LogP contribution is 2.24. The second-order valence-electron chi connectivity index (χ2n) is 4.77. The normalized spacial score (nSPS) is 11.0. The SMILES string of the molecule is CCCOc1ccc(-n2c(=S)[nH]c3ccc(Cl)cc32)cc1. The monoisotopic (exact) mass is 318 g/mol. The molecule has 0 bridgehead atoms. The number of ether oxygens (including phenoxy) is 1. The third-order valence-corrected chi connectivity index (χ3v) is 3.73. The van der Waals surface area contributed by atoms with Crippen LogP contribution in [0.3, 0.4) is 0 Å². The highest BCUT2D eigenvalue weighted by molar-refractivity contribution is 7.71. The zero-order valence-corrected chi connectivity index (χ0v) is 13.2. The average molecular weight is 319 g/mol. The van der Waals surface area contributed by atoms with Crippen molar-refractivity contribution in [3.8, 4) is 11.4 Å². The lowest BCUT2D eigenvalue weighted by Crippen LogP contribution is -1.97. The van der Waals surface area contributed by atoms with E-state index < -0.39 is 0 Å². The summed E-state index contributed by atoms with van der Waals surface area (Å²) in [6, 6.07) is 13.6. The van der Waals surface area contributed by atoms with Crippen molar-refractivity contribution in [1.82, 2.24) is 9.55 Å². The van der Waals surface area contributed by atoms with Crippen LogP contribution in [0.1, 0.15) is 13.3 Å². The predicted octanol–water partition coefficient (Wildman–Crippen LogP) is 5.13. The maximum Gasteiger partial charge on any atom is 0.182 e. The van der Waals surface area contributed by atoms with E-state index in [9.17, 15) is 0 Å². The summed E-state index contributed by atoms with van der Waals surface area (Å²) in [5, 5.41) is 0.688. The van der Waals surface area contributed by atoms with Gasteiger partial charge in [0.2, 0.25) is 0 Å². The van der Waals surface area contributed by atoms with E-state index in [2.05, 4.69) is 11.9 Å². The molecule has 1 aromatic heterocycles. The van der Waals surface area contributed by atoms with E-state index in [4.69, 9.17) is 28.6 Å². The van der Waals surface area contributed by atoms with Crippen molar-refractivity contribution in [3.63, 3.8) is 0 Å². The van der Waals surface area contributed by atoms with Crippen LogP contribution in [0.25, 0.3) is 16.7 Å². The highest BCUT2D eigenvalue weighted by Gasteiger charge is 2.07. The lowest BCUT2D eigenvalue weighted by molar-refractivity contribution is 0.317. The summed E-state index contributed by atoms with van der Waals surface area (Å²) in [6.07, 6.45) is 0.994. The van der Waals surface area contributed by atoms with Gasteiger partial charge in [0.05, 0.1) is 17.6 Å². The summed E-state index contributed by atoms with van der Waals surface area (Å²) >= 11 is 11.5. The first-order chi connectivity index (χ1) is 10.2. The predicted molar refractivity (Wildman–Crippen MR) is 89.3 cm³/mol. The third kappa shape index (κ3) is 2.82. The van der Waals surface area contributed by atoms with Crippen molar-refractivity contribution >= 4 is 34.9 Å². The van der Waals surface area contributed by atoms with Crippen LogP contribution in [0, 0.1) is 4.77 Å². The fraction of sp³-hybridized carbons (Fsp3) is 0.188. The molecule has 108 valence electrons. The molecular weight excluding hydrogens is 304 g/mol. The Morgan fingerprint density at radius 1 is 1.19 bits per heavy atom. The van der Waals surface area contributed by atoms with Crippen molar-refractivity contribution in [1.29, 1.82) is 0 Å². The minimum atomic E-state index is 0.648. The first-order valence-electron chi connectivity index (χ1n) is 6.82. The van der Waals surface area contributed by atoms with Crippen LogP contribution in [0.4, 0.5) is 0 Å². The average Bonchev–Trinajstić information content (AvgIpc) is 2.81. The molecule has 3 rings (SSSR count). The van der Waals surface area contributed by atoms with E-state index in [1.54, 1.807) is 0 Å². The van der Waals surface area contributed by atoms with Crippen molar-refractivity contribution in [2.75, 3.05) is 6.61 Å². The van der Waals surface area contributed by atoms with Gasteiger partial charge in [0, 0.05) is 10.7 Å². The molecule has 0 aliphatic rings. The minimum Gasteiger partial charge on any atom is -0.494 e. The summed E-state index contributed by atoms with van der Waals surface area (Å²) in [6.45, 7) is 2.81. The number of hydrogen-bond donors (Lipinski definition) is 1. The lowest BCUT2D eigenvalue weighted by Gasteiger charge is -2.08. The summed E-state index contributed by atoms with van der Waals surface area (Å²) in [5.74, 6) is 0.866. The van der Waals surface area contributed by atoms with E-state index in [1.807, 2.05) is 47.0 Å². The molecule has 2 aromatic carbocycles. The Bertz CT molecular complexity index is 820. The van der Waals surface area contributed by atoms with Crippen molar-refractivity contribution in [2.24, 2.45) is 0 Å². The molecule has 0 atom stereocenters. The third-order valence-electron chi connectivity index (χ3n) is 3.21. The first kappa shape index (κ1) is 14.2. The van der Waals surface area contributed by atoms with E-state index >= 15 is 0 Å². The second kappa shape index (κ2) is 5.92. The van der Waals surface area contributed by atoms with Crippen LogP contribution in [-0.2, 0) is 0 Å². The molecule has 3 nitrogen and oxygen atoms in total. The lowest BCUT2D eigenvalue weighted by atomic mass is 10.2. The van der Waals surface area contributed by atoms with E-state index in [0.717, 1.165) is 35.5 Å². The minimum absolute atomic E-state index is 0.648. The molecule has 0 radical (unpaired) electrons. The van der Waals surface area contributed by atoms with Crippen LogP contribution in [-0.4, -0.2) is 16.2 Å². The van der Waals surface area contributed by atoms with Gasteiger partial charge in [-0.05, 0) is 61.1 Å². The van der Waals surface area contributed by atoms with Crippen LogP contribution in [0.5, 0.6) is 5.75 Å². The number of aromatic nitrogens is 2. The van der Waals surface area contributed by atoms with Gasteiger partial charge in [-0.15, -0.1) is 0 Å². The summed E-state index contributed by atoms with van der Waals surface area (Å²) in [4.78, 5) is 3.19. The van der Waals surface area contributed by atoms with E-state index in [0.29, 0.717) is 9.79 Å². The van der Waals surface area contributed by atoms with Gasteiger partial charge in [-0.1, -0.05) is 18.5 Å². The van der Waals surface area contributed by atoms with Crippen molar-refractivity contribution < 1.29 is 4.74 Å². The Balaban J connectivity index is 2.05. The number of aromatic amines is 1. The molecule has 0 aliphatic carbocycles. The maximum atomic E-state index is 6.09. The molecule has 0 saturated heterocycles.